The van der Waals surface area contributed by atoms with Crippen LogP contribution in [-0.2, 0) is 6.54 Å². The summed E-state index contributed by atoms with van der Waals surface area (Å²) in [6.45, 7) is 10.6. The van der Waals surface area contributed by atoms with Gasteiger partial charge in [-0.2, -0.15) is 0 Å². The van der Waals surface area contributed by atoms with Crippen LogP contribution in [0.5, 0.6) is 0 Å². The molecule has 0 radical (unpaired) electrons. The predicted molar refractivity (Wildman–Crippen MR) is 91.4 cm³/mol. The number of nitrogens with zero attached hydrogens (tertiary/aromatic N) is 1. The molecule has 1 aromatic carbocycles. The normalized spacial score (nSPS) is 24.6. The summed E-state index contributed by atoms with van der Waals surface area (Å²) in [7, 11) is 2.22. The van der Waals surface area contributed by atoms with Crippen LogP contribution in [0.1, 0.15) is 45.6 Å². The first kappa shape index (κ1) is 16.5. The van der Waals surface area contributed by atoms with Crippen LogP contribution in [0.2, 0.25) is 0 Å². The second-order valence-corrected chi connectivity index (χ2v) is 7.69. The smallest absolute Gasteiger partial charge is 0.0230 e. The number of benzene rings is 1. The molecular formula is C19H32N2. The Morgan fingerprint density at radius 1 is 1.19 bits per heavy atom. The first-order valence-electron chi connectivity index (χ1n) is 8.42. The van der Waals surface area contributed by atoms with Crippen LogP contribution >= 0.6 is 0 Å². The van der Waals surface area contributed by atoms with Gasteiger partial charge in [0.2, 0.25) is 0 Å². The van der Waals surface area contributed by atoms with Crippen molar-refractivity contribution in [3.05, 3.63) is 35.9 Å². The van der Waals surface area contributed by atoms with E-state index in [1.807, 2.05) is 0 Å². The maximum absolute atomic E-state index is 3.78. The van der Waals surface area contributed by atoms with E-state index in [1.54, 1.807) is 0 Å². The number of hydrogen-bond acceptors (Lipinski definition) is 2. The zero-order valence-electron chi connectivity index (χ0n) is 14.2. The van der Waals surface area contributed by atoms with Gasteiger partial charge in [0.05, 0.1) is 0 Å². The maximum atomic E-state index is 3.78. The number of rotatable bonds is 7. The zero-order valence-corrected chi connectivity index (χ0v) is 14.2. The predicted octanol–water partition coefficient (Wildman–Crippen LogP) is 3.92. The van der Waals surface area contributed by atoms with Crippen molar-refractivity contribution in [3.8, 4) is 0 Å². The summed E-state index contributed by atoms with van der Waals surface area (Å²) in [5.41, 5.74) is 1.93. The Labute approximate surface area is 130 Å². The highest BCUT2D eigenvalue weighted by Crippen LogP contribution is 2.40. The van der Waals surface area contributed by atoms with E-state index in [9.17, 15) is 0 Å². The quantitative estimate of drug-likeness (QED) is 0.765. The molecule has 1 saturated carbocycles. The molecule has 0 amide bonds. The third kappa shape index (κ3) is 5.44. The van der Waals surface area contributed by atoms with Gasteiger partial charge < -0.3 is 10.2 Å². The molecule has 0 aromatic heterocycles. The summed E-state index contributed by atoms with van der Waals surface area (Å²) in [4.78, 5) is 2.42. The lowest BCUT2D eigenvalue weighted by Crippen LogP contribution is -2.34. The Hall–Kier alpha value is -0.860. The summed E-state index contributed by atoms with van der Waals surface area (Å²) in [5, 5.41) is 3.78. The van der Waals surface area contributed by atoms with Crippen molar-refractivity contribution in [2.75, 3.05) is 20.1 Å². The SMILES string of the molecule is CC1CC(C)(C)CC1NCCCN(C)Cc1ccccc1. The molecule has 2 heteroatoms. The topological polar surface area (TPSA) is 15.3 Å². The van der Waals surface area contributed by atoms with Crippen LogP contribution in [-0.4, -0.2) is 31.1 Å². The van der Waals surface area contributed by atoms with Crippen molar-refractivity contribution in [1.29, 1.82) is 0 Å². The Morgan fingerprint density at radius 2 is 1.90 bits per heavy atom. The highest BCUT2D eigenvalue weighted by Gasteiger charge is 2.35. The van der Waals surface area contributed by atoms with Crippen molar-refractivity contribution in [1.82, 2.24) is 10.2 Å². The van der Waals surface area contributed by atoms with Crippen LogP contribution in [0, 0.1) is 11.3 Å². The molecule has 2 rings (SSSR count). The van der Waals surface area contributed by atoms with Gasteiger partial charge in [-0.1, -0.05) is 51.1 Å². The Balaban J connectivity index is 1.61. The monoisotopic (exact) mass is 288 g/mol. The minimum absolute atomic E-state index is 0.529. The standard InChI is InChI=1S/C19H32N2/c1-16-13-19(2,3)14-18(16)20-11-8-12-21(4)15-17-9-6-5-7-10-17/h5-7,9-10,16,18,20H,8,11-15H2,1-4H3. The van der Waals surface area contributed by atoms with E-state index in [2.05, 4.69) is 68.4 Å². The lowest BCUT2D eigenvalue weighted by Gasteiger charge is -2.20. The molecule has 0 spiro atoms. The first-order valence-corrected chi connectivity index (χ1v) is 8.42. The molecule has 1 N–H and O–H groups in total. The van der Waals surface area contributed by atoms with Crippen LogP contribution < -0.4 is 5.32 Å². The molecule has 2 unspecified atom stereocenters. The van der Waals surface area contributed by atoms with Gasteiger partial charge in [-0.25, -0.2) is 0 Å². The van der Waals surface area contributed by atoms with Gasteiger partial charge in [0.15, 0.2) is 0 Å². The van der Waals surface area contributed by atoms with Crippen molar-refractivity contribution in [2.45, 2.75) is 52.6 Å². The van der Waals surface area contributed by atoms with E-state index < -0.39 is 0 Å². The summed E-state index contributed by atoms with van der Waals surface area (Å²) in [5.74, 6) is 0.821. The van der Waals surface area contributed by atoms with Crippen LogP contribution in [0.15, 0.2) is 30.3 Å². The van der Waals surface area contributed by atoms with Crippen molar-refractivity contribution < 1.29 is 0 Å². The third-order valence-corrected chi connectivity index (χ3v) is 4.75. The average molecular weight is 288 g/mol. The van der Waals surface area contributed by atoms with Crippen LogP contribution in [0.25, 0.3) is 0 Å². The lowest BCUT2D eigenvalue weighted by molar-refractivity contribution is 0.311. The van der Waals surface area contributed by atoms with E-state index in [0.717, 1.165) is 31.6 Å². The molecule has 1 aliphatic carbocycles. The molecular weight excluding hydrogens is 256 g/mol. The van der Waals surface area contributed by atoms with Gasteiger partial charge in [0, 0.05) is 12.6 Å². The van der Waals surface area contributed by atoms with Gasteiger partial charge in [-0.15, -0.1) is 0 Å². The molecule has 0 bridgehead atoms. The zero-order chi connectivity index (χ0) is 15.3. The highest BCUT2D eigenvalue weighted by atomic mass is 15.1. The Bertz CT molecular complexity index is 413. The van der Waals surface area contributed by atoms with E-state index in [1.165, 1.54) is 24.8 Å². The van der Waals surface area contributed by atoms with Crippen LogP contribution in [0.4, 0.5) is 0 Å². The number of nitrogens with one attached hydrogen (secondary N) is 1. The fourth-order valence-corrected chi connectivity index (χ4v) is 3.78. The van der Waals surface area contributed by atoms with Crippen LogP contribution in [0.3, 0.4) is 0 Å². The van der Waals surface area contributed by atoms with Gasteiger partial charge in [0.25, 0.3) is 0 Å². The summed E-state index contributed by atoms with van der Waals surface area (Å²) in [6.07, 6.45) is 3.92. The summed E-state index contributed by atoms with van der Waals surface area (Å²) in [6, 6.07) is 11.5. The highest BCUT2D eigenvalue weighted by molar-refractivity contribution is 5.14. The van der Waals surface area contributed by atoms with Gasteiger partial charge in [-0.05, 0) is 56.3 Å². The first-order chi connectivity index (χ1) is 9.96. The second kappa shape index (κ2) is 7.42. The van der Waals surface area contributed by atoms with Gasteiger partial charge >= 0.3 is 0 Å². The molecule has 1 fully saturated rings. The van der Waals surface area contributed by atoms with E-state index in [4.69, 9.17) is 0 Å². The van der Waals surface area contributed by atoms with Crippen molar-refractivity contribution in [3.63, 3.8) is 0 Å². The Kier molecular flexibility index (Phi) is 5.83. The van der Waals surface area contributed by atoms with Gasteiger partial charge in [0.1, 0.15) is 0 Å². The molecule has 2 nitrogen and oxygen atoms in total. The Morgan fingerprint density at radius 3 is 2.52 bits per heavy atom. The molecule has 1 aromatic rings. The molecule has 1 aliphatic rings. The molecule has 0 aliphatic heterocycles. The second-order valence-electron chi connectivity index (χ2n) is 7.69. The van der Waals surface area contributed by atoms with E-state index in [0.29, 0.717) is 5.41 Å². The fourth-order valence-electron chi connectivity index (χ4n) is 3.78. The van der Waals surface area contributed by atoms with E-state index in [-0.39, 0.29) is 0 Å². The third-order valence-electron chi connectivity index (χ3n) is 4.75. The molecule has 0 heterocycles. The van der Waals surface area contributed by atoms with Gasteiger partial charge in [-0.3, -0.25) is 0 Å². The molecule has 21 heavy (non-hydrogen) atoms. The molecule has 0 saturated heterocycles. The average Bonchev–Trinajstić information content (AvgIpc) is 2.68. The molecule has 2 atom stereocenters. The maximum Gasteiger partial charge on any atom is 0.0230 e. The fraction of sp³-hybridized carbons (Fsp3) is 0.684. The minimum Gasteiger partial charge on any atom is -0.314 e. The largest absolute Gasteiger partial charge is 0.314 e. The number of hydrogen-bond donors (Lipinski definition) is 1. The lowest BCUT2D eigenvalue weighted by atomic mass is 9.91. The van der Waals surface area contributed by atoms with E-state index >= 15 is 0 Å². The van der Waals surface area contributed by atoms with Crippen molar-refractivity contribution in [2.24, 2.45) is 11.3 Å². The molecule has 118 valence electrons. The van der Waals surface area contributed by atoms with Crippen molar-refractivity contribution >= 4 is 0 Å². The summed E-state index contributed by atoms with van der Waals surface area (Å²) >= 11 is 0. The summed E-state index contributed by atoms with van der Waals surface area (Å²) < 4.78 is 0. The minimum atomic E-state index is 0.529.